The summed E-state index contributed by atoms with van der Waals surface area (Å²) in [5.41, 5.74) is 0.711. The first-order valence-corrected chi connectivity index (χ1v) is 9.56. The number of nitrogens with zero attached hydrogens (tertiary/aromatic N) is 1. The summed E-state index contributed by atoms with van der Waals surface area (Å²) in [5.74, 6) is 1.88. The molecule has 28 heavy (non-hydrogen) atoms. The van der Waals surface area contributed by atoms with E-state index in [0.29, 0.717) is 61.0 Å². The van der Waals surface area contributed by atoms with Gasteiger partial charge in [-0.05, 0) is 42.0 Å². The lowest BCUT2D eigenvalue weighted by atomic mass is 9.92. The number of carbonyl (C=O) groups is 2. The predicted molar refractivity (Wildman–Crippen MR) is 104 cm³/mol. The Morgan fingerprint density at radius 3 is 2.61 bits per heavy atom. The molecule has 2 aliphatic rings. The maximum Gasteiger partial charge on any atom is 0.331 e. The molecule has 2 heterocycles. The Morgan fingerprint density at radius 1 is 1.18 bits per heavy atom. The standard InChI is InChI=1S/C21H27NO6/c1-14-8-15(2)12-22(11-14)19(23)13-28-20(24)5-4-16-9-17(25-3)21-18(10-16)26-6-7-27-21/h4-5,9-10,14-15H,6-8,11-13H2,1-3H3/b5-4+/t14-,15-/m0/s1. The van der Waals surface area contributed by atoms with Gasteiger partial charge in [-0.1, -0.05) is 13.8 Å². The summed E-state index contributed by atoms with van der Waals surface area (Å²) in [5, 5.41) is 0. The van der Waals surface area contributed by atoms with Crippen molar-refractivity contribution in [3.8, 4) is 17.2 Å². The van der Waals surface area contributed by atoms with Crippen LogP contribution in [0.25, 0.3) is 6.08 Å². The number of amides is 1. The number of rotatable bonds is 5. The third-order valence-corrected chi connectivity index (χ3v) is 4.82. The Balaban J connectivity index is 1.56. The van der Waals surface area contributed by atoms with Gasteiger partial charge in [-0.2, -0.15) is 0 Å². The zero-order valence-corrected chi connectivity index (χ0v) is 16.6. The van der Waals surface area contributed by atoms with Crippen LogP contribution in [0.5, 0.6) is 17.2 Å². The minimum atomic E-state index is -0.569. The fourth-order valence-electron chi connectivity index (χ4n) is 3.69. The normalized spacial score (nSPS) is 21.5. The molecule has 152 valence electrons. The fraction of sp³-hybridized carbons (Fsp3) is 0.524. The van der Waals surface area contributed by atoms with Crippen molar-refractivity contribution >= 4 is 18.0 Å². The van der Waals surface area contributed by atoms with Crippen molar-refractivity contribution in [3.63, 3.8) is 0 Å². The lowest BCUT2D eigenvalue weighted by Gasteiger charge is -2.34. The summed E-state index contributed by atoms with van der Waals surface area (Å²) in [6.07, 6.45) is 4.00. The van der Waals surface area contributed by atoms with Gasteiger partial charge in [0.05, 0.1) is 7.11 Å². The van der Waals surface area contributed by atoms with Crippen LogP contribution in [-0.2, 0) is 14.3 Å². The smallest absolute Gasteiger partial charge is 0.331 e. The van der Waals surface area contributed by atoms with Gasteiger partial charge in [0, 0.05) is 19.2 Å². The number of hydrogen-bond acceptors (Lipinski definition) is 6. The zero-order chi connectivity index (χ0) is 20.1. The first-order chi connectivity index (χ1) is 13.5. The van der Waals surface area contributed by atoms with Crippen LogP contribution in [0.15, 0.2) is 18.2 Å². The highest BCUT2D eigenvalue weighted by molar-refractivity contribution is 5.89. The van der Waals surface area contributed by atoms with E-state index in [4.69, 9.17) is 18.9 Å². The minimum absolute atomic E-state index is 0.152. The van der Waals surface area contributed by atoms with Crippen molar-refractivity contribution in [1.82, 2.24) is 4.90 Å². The molecule has 0 N–H and O–H groups in total. The van der Waals surface area contributed by atoms with Gasteiger partial charge >= 0.3 is 5.97 Å². The Morgan fingerprint density at radius 2 is 1.89 bits per heavy atom. The average Bonchev–Trinajstić information content (AvgIpc) is 2.69. The Bertz CT molecular complexity index is 732. The number of methoxy groups -OCH3 is 1. The van der Waals surface area contributed by atoms with Crippen molar-refractivity contribution in [1.29, 1.82) is 0 Å². The van der Waals surface area contributed by atoms with E-state index in [1.54, 1.807) is 30.2 Å². The van der Waals surface area contributed by atoms with Crippen LogP contribution in [0.3, 0.4) is 0 Å². The molecule has 3 rings (SSSR count). The van der Waals surface area contributed by atoms with Crippen LogP contribution in [-0.4, -0.2) is 56.8 Å². The number of fused-ring (bicyclic) bond motifs is 1. The molecular weight excluding hydrogens is 362 g/mol. The molecule has 2 atom stereocenters. The van der Waals surface area contributed by atoms with Crippen LogP contribution >= 0.6 is 0 Å². The van der Waals surface area contributed by atoms with Gasteiger partial charge in [0.2, 0.25) is 5.75 Å². The van der Waals surface area contributed by atoms with Gasteiger partial charge in [0.15, 0.2) is 18.1 Å². The number of ether oxygens (including phenoxy) is 4. The molecule has 7 nitrogen and oxygen atoms in total. The van der Waals surface area contributed by atoms with Crippen LogP contribution < -0.4 is 14.2 Å². The number of piperidine rings is 1. The number of likely N-dealkylation sites (tertiary alicyclic amines) is 1. The van der Waals surface area contributed by atoms with E-state index in [1.165, 1.54) is 6.08 Å². The zero-order valence-electron chi connectivity index (χ0n) is 16.6. The maximum atomic E-state index is 12.3. The molecule has 0 spiro atoms. The van der Waals surface area contributed by atoms with Gasteiger partial charge in [-0.25, -0.2) is 4.79 Å². The topological polar surface area (TPSA) is 74.3 Å². The number of esters is 1. The van der Waals surface area contributed by atoms with E-state index in [1.807, 2.05) is 0 Å². The van der Waals surface area contributed by atoms with Gasteiger partial charge in [0.1, 0.15) is 13.2 Å². The number of benzene rings is 1. The monoisotopic (exact) mass is 389 g/mol. The molecular formula is C21H27NO6. The highest BCUT2D eigenvalue weighted by Gasteiger charge is 2.25. The van der Waals surface area contributed by atoms with Gasteiger partial charge in [-0.3, -0.25) is 4.79 Å². The third-order valence-electron chi connectivity index (χ3n) is 4.82. The molecule has 0 unspecified atom stereocenters. The molecule has 0 aliphatic carbocycles. The molecule has 1 saturated heterocycles. The van der Waals surface area contributed by atoms with E-state index in [-0.39, 0.29) is 12.5 Å². The highest BCUT2D eigenvalue weighted by atomic mass is 16.6. The molecule has 1 aromatic rings. The van der Waals surface area contributed by atoms with Gasteiger partial charge in [0.25, 0.3) is 5.91 Å². The van der Waals surface area contributed by atoms with Crippen molar-refractivity contribution < 1.29 is 28.5 Å². The number of hydrogen-bond donors (Lipinski definition) is 0. The molecule has 0 bridgehead atoms. The van der Waals surface area contributed by atoms with E-state index >= 15 is 0 Å². The van der Waals surface area contributed by atoms with Crippen molar-refractivity contribution in [3.05, 3.63) is 23.8 Å². The number of carbonyl (C=O) groups excluding carboxylic acids is 2. The van der Waals surface area contributed by atoms with Crippen molar-refractivity contribution in [2.45, 2.75) is 20.3 Å². The second-order valence-electron chi connectivity index (χ2n) is 7.43. The summed E-state index contributed by atoms with van der Waals surface area (Å²) in [6, 6.07) is 3.52. The van der Waals surface area contributed by atoms with E-state index in [2.05, 4.69) is 13.8 Å². The molecule has 1 fully saturated rings. The first-order valence-electron chi connectivity index (χ1n) is 9.56. The molecule has 7 heteroatoms. The van der Waals surface area contributed by atoms with Crippen LogP contribution in [0.2, 0.25) is 0 Å². The molecule has 2 aliphatic heterocycles. The van der Waals surface area contributed by atoms with Gasteiger partial charge in [-0.15, -0.1) is 0 Å². The van der Waals surface area contributed by atoms with Crippen molar-refractivity contribution in [2.24, 2.45) is 11.8 Å². The lowest BCUT2D eigenvalue weighted by molar-refractivity contribution is -0.149. The Labute approximate surface area is 165 Å². The minimum Gasteiger partial charge on any atom is -0.493 e. The van der Waals surface area contributed by atoms with Crippen LogP contribution in [0.1, 0.15) is 25.8 Å². The molecule has 1 aromatic carbocycles. The van der Waals surface area contributed by atoms with E-state index < -0.39 is 5.97 Å². The van der Waals surface area contributed by atoms with Gasteiger partial charge < -0.3 is 23.8 Å². The Kier molecular flexibility index (Phi) is 6.44. The molecule has 0 radical (unpaired) electrons. The van der Waals surface area contributed by atoms with Crippen molar-refractivity contribution in [2.75, 3.05) is 40.0 Å². The summed E-state index contributed by atoms with van der Waals surface area (Å²) in [6.45, 7) is 6.38. The fourth-order valence-corrected chi connectivity index (χ4v) is 3.69. The Hall–Kier alpha value is -2.70. The SMILES string of the molecule is COc1cc(/C=C/C(=O)OCC(=O)N2C[C@@H](C)C[C@H](C)C2)cc2c1OCCO2. The highest BCUT2D eigenvalue weighted by Crippen LogP contribution is 2.40. The van der Waals surface area contributed by atoms with Crippen LogP contribution in [0, 0.1) is 11.8 Å². The molecule has 1 amide bonds. The summed E-state index contributed by atoms with van der Waals surface area (Å²) in [4.78, 5) is 26.1. The molecule has 0 saturated carbocycles. The second-order valence-corrected chi connectivity index (χ2v) is 7.43. The van der Waals surface area contributed by atoms with E-state index in [0.717, 1.165) is 6.42 Å². The first kappa shape index (κ1) is 20.0. The average molecular weight is 389 g/mol. The molecule has 0 aromatic heterocycles. The lowest BCUT2D eigenvalue weighted by Crippen LogP contribution is -2.44. The largest absolute Gasteiger partial charge is 0.493 e. The van der Waals surface area contributed by atoms with Crippen LogP contribution in [0.4, 0.5) is 0 Å². The second kappa shape index (κ2) is 8.99. The quantitative estimate of drug-likeness (QED) is 0.569. The van der Waals surface area contributed by atoms with E-state index in [9.17, 15) is 9.59 Å². The summed E-state index contributed by atoms with van der Waals surface area (Å²) >= 11 is 0. The predicted octanol–water partition coefficient (Wildman–Crippen LogP) is 2.53. The summed E-state index contributed by atoms with van der Waals surface area (Å²) in [7, 11) is 1.54. The summed E-state index contributed by atoms with van der Waals surface area (Å²) < 4.78 is 21.6. The third kappa shape index (κ3) is 4.97. The maximum absolute atomic E-state index is 12.3.